The number of phenols is 1. The van der Waals surface area contributed by atoms with E-state index in [9.17, 15) is 35.4 Å². The molecule has 24 heavy (non-hydrogen) atoms. The molecule has 1 aromatic carbocycles. The zero-order valence-electron chi connectivity index (χ0n) is 12.6. The van der Waals surface area contributed by atoms with Crippen LogP contribution in [0.15, 0.2) is 18.2 Å². The highest BCUT2D eigenvalue weighted by molar-refractivity contribution is 5.74. The Labute approximate surface area is 137 Å². The molecule has 1 aliphatic heterocycles. The van der Waals surface area contributed by atoms with Gasteiger partial charge >= 0.3 is 5.97 Å². The van der Waals surface area contributed by atoms with Gasteiger partial charge in [0.2, 0.25) is 0 Å². The van der Waals surface area contributed by atoms with E-state index in [0.717, 1.165) is 0 Å². The fourth-order valence-corrected chi connectivity index (χ4v) is 2.83. The third-order valence-electron chi connectivity index (χ3n) is 4.19. The van der Waals surface area contributed by atoms with Crippen molar-refractivity contribution in [1.29, 1.82) is 0 Å². The van der Waals surface area contributed by atoms with Gasteiger partial charge in [-0.05, 0) is 29.7 Å². The standard InChI is InChI=1S/C15H21NO8/c17-5-10(19)12(20)14(22)13(21)11-8-2-1-7(18)3-6(8)4-9(16-11)15(23)24/h1-3,9-14,16-22H,4-5H2,(H,23,24)/t9-,10+,11-,12+,13-,14-/m0/s1. The third kappa shape index (κ3) is 3.66. The molecule has 1 aromatic rings. The lowest BCUT2D eigenvalue weighted by molar-refractivity contribution is -0.142. The van der Waals surface area contributed by atoms with Gasteiger partial charge in [0.1, 0.15) is 36.2 Å². The highest BCUT2D eigenvalue weighted by atomic mass is 16.4. The predicted octanol–water partition coefficient (Wildman–Crippen LogP) is -2.53. The molecule has 9 heteroatoms. The predicted molar refractivity (Wildman–Crippen MR) is 80.2 cm³/mol. The molecule has 134 valence electrons. The quantitative estimate of drug-likeness (QED) is 0.277. The van der Waals surface area contributed by atoms with Gasteiger partial charge in [0.25, 0.3) is 0 Å². The van der Waals surface area contributed by atoms with Crippen molar-refractivity contribution in [2.75, 3.05) is 6.61 Å². The number of hydrogen-bond acceptors (Lipinski definition) is 8. The van der Waals surface area contributed by atoms with E-state index in [-0.39, 0.29) is 12.2 Å². The number of aliphatic carboxylic acids is 1. The number of nitrogens with one attached hydrogen (secondary N) is 1. The Balaban J connectivity index is 2.32. The maximum atomic E-state index is 11.3. The molecule has 0 radical (unpaired) electrons. The van der Waals surface area contributed by atoms with Gasteiger partial charge in [-0.25, -0.2) is 0 Å². The number of aromatic hydroxyl groups is 1. The van der Waals surface area contributed by atoms with Gasteiger partial charge in [-0.3, -0.25) is 10.1 Å². The van der Waals surface area contributed by atoms with Crippen molar-refractivity contribution in [3.8, 4) is 5.75 Å². The number of aliphatic hydroxyl groups is 5. The Morgan fingerprint density at radius 1 is 1.21 bits per heavy atom. The van der Waals surface area contributed by atoms with Crippen LogP contribution in [0.4, 0.5) is 0 Å². The van der Waals surface area contributed by atoms with Crippen LogP contribution in [-0.2, 0) is 11.2 Å². The van der Waals surface area contributed by atoms with E-state index in [1.807, 2.05) is 0 Å². The molecular weight excluding hydrogens is 322 g/mol. The van der Waals surface area contributed by atoms with E-state index in [0.29, 0.717) is 11.1 Å². The van der Waals surface area contributed by atoms with Crippen LogP contribution in [0.3, 0.4) is 0 Å². The molecule has 0 amide bonds. The number of hydrogen-bond donors (Lipinski definition) is 8. The molecule has 0 aromatic heterocycles. The molecule has 6 atom stereocenters. The van der Waals surface area contributed by atoms with Gasteiger partial charge < -0.3 is 35.7 Å². The molecule has 0 saturated heterocycles. The van der Waals surface area contributed by atoms with E-state index >= 15 is 0 Å². The summed E-state index contributed by atoms with van der Waals surface area (Å²) in [6.07, 6.45) is -6.91. The Kier molecular flexibility index (Phi) is 5.75. The number of carboxylic acids is 1. The summed E-state index contributed by atoms with van der Waals surface area (Å²) >= 11 is 0. The van der Waals surface area contributed by atoms with Gasteiger partial charge in [0.05, 0.1) is 12.6 Å². The van der Waals surface area contributed by atoms with Gasteiger partial charge in [0.15, 0.2) is 0 Å². The first kappa shape index (κ1) is 18.6. The lowest BCUT2D eigenvalue weighted by Crippen LogP contribution is -2.54. The highest BCUT2D eigenvalue weighted by Gasteiger charge is 2.40. The third-order valence-corrected chi connectivity index (χ3v) is 4.19. The fraction of sp³-hybridized carbons (Fsp3) is 0.533. The zero-order valence-corrected chi connectivity index (χ0v) is 12.6. The Morgan fingerprint density at radius 3 is 2.46 bits per heavy atom. The van der Waals surface area contributed by atoms with E-state index in [4.69, 9.17) is 5.11 Å². The number of phenolic OH excluding ortho intramolecular Hbond substituents is 1. The molecule has 0 fully saturated rings. The van der Waals surface area contributed by atoms with Crippen LogP contribution in [0.5, 0.6) is 5.75 Å². The molecule has 1 heterocycles. The van der Waals surface area contributed by atoms with Crippen molar-refractivity contribution < 1.29 is 40.5 Å². The van der Waals surface area contributed by atoms with Gasteiger partial charge in [-0.1, -0.05) is 6.07 Å². The van der Waals surface area contributed by atoms with Crippen LogP contribution in [-0.4, -0.2) is 78.8 Å². The summed E-state index contributed by atoms with van der Waals surface area (Å²) < 4.78 is 0. The first-order valence-corrected chi connectivity index (χ1v) is 7.40. The molecule has 2 rings (SSSR count). The smallest absolute Gasteiger partial charge is 0.321 e. The summed E-state index contributed by atoms with van der Waals surface area (Å²) in [7, 11) is 0. The lowest BCUT2D eigenvalue weighted by Gasteiger charge is -2.37. The second-order valence-electron chi connectivity index (χ2n) is 5.84. The minimum atomic E-state index is -1.83. The summed E-state index contributed by atoms with van der Waals surface area (Å²) in [5.74, 6) is -1.24. The number of rotatable bonds is 6. The molecule has 8 N–H and O–H groups in total. The van der Waals surface area contributed by atoms with Gasteiger partial charge in [0, 0.05) is 0 Å². The average Bonchev–Trinajstić information content (AvgIpc) is 2.57. The second-order valence-corrected chi connectivity index (χ2v) is 5.84. The van der Waals surface area contributed by atoms with Crippen LogP contribution in [0.2, 0.25) is 0 Å². The minimum absolute atomic E-state index is 0.0654. The monoisotopic (exact) mass is 343 g/mol. The first-order chi connectivity index (χ1) is 11.3. The van der Waals surface area contributed by atoms with Gasteiger partial charge in [-0.15, -0.1) is 0 Å². The molecular formula is C15H21NO8. The number of fused-ring (bicyclic) bond motifs is 1. The number of benzene rings is 1. The van der Waals surface area contributed by atoms with Crippen LogP contribution >= 0.6 is 0 Å². The van der Waals surface area contributed by atoms with Crippen molar-refractivity contribution >= 4 is 5.97 Å². The molecule has 1 aliphatic rings. The van der Waals surface area contributed by atoms with Crippen molar-refractivity contribution in [3.63, 3.8) is 0 Å². The number of carboxylic acid groups (broad SMARTS) is 1. The number of carbonyl (C=O) groups is 1. The van der Waals surface area contributed by atoms with Crippen molar-refractivity contribution in [3.05, 3.63) is 29.3 Å². The molecule has 0 bridgehead atoms. The van der Waals surface area contributed by atoms with Crippen molar-refractivity contribution in [2.45, 2.75) is 42.9 Å². The van der Waals surface area contributed by atoms with Crippen LogP contribution in [0.1, 0.15) is 17.2 Å². The largest absolute Gasteiger partial charge is 0.508 e. The minimum Gasteiger partial charge on any atom is -0.508 e. The Morgan fingerprint density at radius 2 is 1.88 bits per heavy atom. The van der Waals surface area contributed by atoms with E-state index in [1.54, 1.807) is 0 Å². The summed E-state index contributed by atoms with van der Waals surface area (Å²) in [5.41, 5.74) is 0.942. The topological polar surface area (TPSA) is 171 Å². The molecule has 0 spiro atoms. The van der Waals surface area contributed by atoms with Crippen LogP contribution in [0.25, 0.3) is 0 Å². The molecule has 0 unspecified atom stereocenters. The average molecular weight is 343 g/mol. The molecule has 0 saturated carbocycles. The number of aliphatic hydroxyl groups excluding tert-OH is 5. The summed E-state index contributed by atoms with van der Waals surface area (Å²) in [6, 6.07) is 2.09. The van der Waals surface area contributed by atoms with E-state index in [2.05, 4.69) is 5.32 Å². The first-order valence-electron chi connectivity index (χ1n) is 7.40. The highest BCUT2D eigenvalue weighted by Crippen LogP contribution is 2.32. The molecule has 0 aliphatic carbocycles. The fourth-order valence-electron chi connectivity index (χ4n) is 2.83. The summed E-state index contributed by atoms with van der Waals surface area (Å²) in [4.78, 5) is 11.3. The maximum absolute atomic E-state index is 11.3. The zero-order chi connectivity index (χ0) is 18.0. The van der Waals surface area contributed by atoms with Crippen molar-refractivity contribution in [1.82, 2.24) is 5.32 Å². The SMILES string of the molecule is O=C(O)[C@@H]1Cc2cc(O)ccc2[C@@H]([C@H](O)[C@@H](O)[C@H](O)[C@H](O)CO)N1. The second kappa shape index (κ2) is 7.43. The van der Waals surface area contributed by atoms with Gasteiger partial charge in [-0.2, -0.15) is 0 Å². The van der Waals surface area contributed by atoms with Crippen molar-refractivity contribution in [2.24, 2.45) is 0 Å². The van der Waals surface area contributed by atoms with Crippen LogP contribution in [0, 0.1) is 0 Å². The summed E-state index contributed by atoms with van der Waals surface area (Å²) in [5, 5.41) is 69.8. The normalized spacial score (nSPS) is 25.4. The van der Waals surface area contributed by atoms with Crippen LogP contribution < -0.4 is 5.32 Å². The Bertz CT molecular complexity index is 595. The Hall–Kier alpha value is -1.75. The van der Waals surface area contributed by atoms with E-state index < -0.39 is 49.1 Å². The maximum Gasteiger partial charge on any atom is 0.321 e. The van der Waals surface area contributed by atoms with E-state index in [1.165, 1.54) is 18.2 Å². The molecule has 9 nitrogen and oxygen atoms in total. The summed E-state index contributed by atoms with van der Waals surface area (Å²) in [6.45, 7) is -0.814. The lowest BCUT2D eigenvalue weighted by atomic mass is 9.84.